The van der Waals surface area contributed by atoms with Gasteiger partial charge < -0.3 is 10.2 Å². The molecule has 0 heterocycles. The number of hydrogen-bond donors (Lipinski definition) is 1. The molecule has 0 unspecified atom stereocenters. The fourth-order valence-electron chi connectivity index (χ4n) is 1.84. The maximum atomic E-state index is 11.9. The molecule has 0 aliphatic heterocycles. The summed E-state index contributed by atoms with van der Waals surface area (Å²) in [4.78, 5) is 28.5. The molecule has 6 nitrogen and oxygen atoms in total. The van der Waals surface area contributed by atoms with Gasteiger partial charge in [0.2, 0.25) is 11.5 Å². The van der Waals surface area contributed by atoms with Crippen LogP contribution in [0.25, 0.3) is 0 Å². The first kappa shape index (κ1) is 16.9. The van der Waals surface area contributed by atoms with Crippen LogP contribution < -0.4 is 5.32 Å². The molecule has 2 aromatic carbocycles. The number of nitriles is 1. The molecule has 0 aromatic heterocycles. The molecule has 2 rings (SSSR count). The van der Waals surface area contributed by atoms with Crippen molar-refractivity contribution in [1.82, 2.24) is 5.32 Å². The number of carbonyl (C=O) groups is 2. The zero-order chi connectivity index (χ0) is 17.2. The lowest BCUT2D eigenvalue weighted by atomic mass is 10.1. The molecular weight excluding hydrogens is 306 g/mol. The van der Waals surface area contributed by atoms with Gasteiger partial charge in [0.1, 0.15) is 6.07 Å². The van der Waals surface area contributed by atoms with Crippen molar-refractivity contribution >= 4 is 17.4 Å². The lowest BCUT2D eigenvalue weighted by molar-refractivity contribution is -0.115. The molecule has 0 spiro atoms. The molecule has 0 saturated carbocycles. The first-order chi connectivity index (χ1) is 11.7. The molecular formula is C18H15N3O3. The fraction of sp³-hybridized carbons (Fsp3) is 0.111. The number of benzene rings is 2. The SMILES string of the molecule is N#C/C(=N/OCC(=O)c1ccccc1)C(=O)NCc1ccccc1. The Morgan fingerprint density at radius 2 is 1.67 bits per heavy atom. The zero-order valence-corrected chi connectivity index (χ0v) is 12.8. The van der Waals surface area contributed by atoms with Gasteiger partial charge in [-0.1, -0.05) is 65.8 Å². The van der Waals surface area contributed by atoms with Crippen LogP contribution in [0.4, 0.5) is 0 Å². The average Bonchev–Trinajstić information content (AvgIpc) is 2.64. The predicted octanol–water partition coefficient (Wildman–Crippen LogP) is 2.08. The molecule has 2 aromatic rings. The Labute approximate surface area is 139 Å². The van der Waals surface area contributed by atoms with Crippen molar-refractivity contribution in [3.05, 3.63) is 71.8 Å². The van der Waals surface area contributed by atoms with E-state index in [0.29, 0.717) is 5.56 Å². The predicted molar refractivity (Wildman–Crippen MR) is 88.1 cm³/mol. The molecule has 24 heavy (non-hydrogen) atoms. The minimum Gasteiger partial charge on any atom is -0.386 e. The third-order valence-corrected chi connectivity index (χ3v) is 3.06. The van der Waals surface area contributed by atoms with Crippen LogP contribution in [0.2, 0.25) is 0 Å². The van der Waals surface area contributed by atoms with Gasteiger partial charge in [0, 0.05) is 12.1 Å². The molecule has 1 amide bonds. The molecule has 6 heteroatoms. The van der Waals surface area contributed by atoms with Crippen molar-refractivity contribution in [3.8, 4) is 6.07 Å². The van der Waals surface area contributed by atoms with E-state index in [-0.39, 0.29) is 18.9 Å². The van der Waals surface area contributed by atoms with E-state index in [9.17, 15) is 9.59 Å². The lowest BCUT2D eigenvalue weighted by Gasteiger charge is -2.04. The van der Waals surface area contributed by atoms with E-state index in [1.807, 2.05) is 30.3 Å². The Bertz CT molecular complexity index is 765. The van der Waals surface area contributed by atoms with Crippen LogP contribution >= 0.6 is 0 Å². The minimum atomic E-state index is -0.659. The van der Waals surface area contributed by atoms with Crippen LogP contribution in [0.1, 0.15) is 15.9 Å². The van der Waals surface area contributed by atoms with Crippen LogP contribution in [-0.2, 0) is 16.2 Å². The number of Topliss-reactive ketones (excluding diaryl/α,β-unsaturated/α-hetero) is 1. The number of oxime groups is 1. The summed E-state index contributed by atoms with van der Waals surface area (Å²) in [7, 11) is 0. The van der Waals surface area contributed by atoms with Gasteiger partial charge in [0.05, 0.1) is 0 Å². The molecule has 0 fully saturated rings. The monoisotopic (exact) mass is 321 g/mol. The summed E-state index contributed by atoms with van der Waals surface area (Å²) in [5, 5.41) is 15.0. The summed E-state index contributed by atoms with van der Waals surface area (Å²) in [6.45, 7) is -0.0789. The summed E-state index contributed by atoms with van der Waals surface area (Å²) in [6, 6.07) is 19.4. The van der Waals surface area contributed by atoms with E-state index in [4.69, 9.17) is 10.1 Å². The highest BCUT2D eigenvalue weighted by Crippen LogP contribution is 2.01. The van der Waals surface area contributed by atoms with E-state index in [1.165, 1.54) is 0 Å². The molecule has 1 N–H and O–H groups in total. The quantitative estimate of drug-likeness (QED) is 0.480. The van der Waals surface area contributed by atoms with Gasteiger partial charge in [-0.3, -0.25) is 9.59 Å². The molecule has 0 aliphatic rings. The Morgan fingerprint density at radius 1 is 1.04 bits per heavy atom. The average molecular weight is 321 g/mol. The van der Waals surface area contributed by atoms with Crippen molar-refractivity contribution in [3.63, 3.8) is 0 Å². The standard InChI is InChI=1S/C18H15N3O3/c19-11-16(18(23)20-12-14-7-3-1-4-8-14)21-24-13-17(22)15-9-5-2-6-10-15/h1-10H,12-13H2,(H,20,23)/b21-16-. The van der Waals surface area contributed by atoms with Gasteiger partial charge >= 0.3 is 0 Å². The van der Waals surface area contributed by atoms with E-state index in [1.54, 1.807) is 36.4 Å². The molecule has 0 atom stereocenters. The summed E-state index contributed by atoms with van der Waals surface area (Å²) >= 11 is 0. The van der Waals surface area contributed by atoms with Crippen molar-refractivity contribution in [2.24, 2.45) is 5.16 Å². The maximum Gasteiger partial charge on any atom is 0.284 e. The first-order valence-corrected chi connectivity index (χ1v) is 7.21. The maximum absolute atomic E-state index is 11.9. The van der Waals surface area contributed by atoms with Crippen molar-refractivity contribution in [2.75, 3.05) is 6.61 Å². The van der Waals surface area contributed by atoms with Crippen LogP contribution in [0, 0.1) is 11.3 Å². The van der Waals surface area contributed by atoms with Crippen LogP contribution in [0.15, 0.2) is 65.8 Å². The summed E-state index contributed by atoms with van der Waals surface area (Å²) in [5.41, 5.74) is 0.926. The van der Waals surface area contributed by atoms with Crippen LogP contribution in [0.3, 0.4) is 0 Å². The second-order valence-electron chi connectivity index (χ2n) is 4.78. The van der Waals surface area contributed by atoms with Gasteiger partial charge in [-0.15, -0.1) is 0 Å². The number of nitrogens with one attached hydrogen (secondary N) is 1. The molecule has 0 saturated heterocycles. The highest BCUT2D eigenvalue weighted by Gasteiger charge is 2.12. The number of nitrogens with zero attached hydrogens (tertiary/aromatic N) is 2. The third-order valence-electron chi connectivity index (χ3n) is 3.06. The smallest absolute Gasteiger partial charge is 0.284 e. The van der Waals surface area contributed by atoms with Crippen LogP contribution in [-0.4, -0.2) is 24.0 Å². The van der Waals surface area contributed by atoms with E-state index < -0.39 is 11.6 Å². The van der Waals surface area contributed by atoms with Gasteiger partial charge in [-0.2, -0.15) is 5.26 Å². The van der Waals surface area contributed by atoms with Gasteiger partial charge in [0.15, 0.2) is 6.61 Å². The van der Waals surface area contributed by atoms with Gasteiger partial charge in [-0.25, -0.2) is 0 Å². The summed E-state index contributed by atoms with van der Waals surface area (Å²) < 4.78 is 0. The molecule has 0 radical (unpaired) electrons. The molecule has 0 bridgehead atoms. The Kier molecular flexibility index (Phi) is 6.24. The number of hydrogen-bond acceptors (Lipinski definition) is 5. The van der Waals surface area contributed by atoms with Crippen LogP contribution in [0.5, 0.6) is 0 Å². The van der Waals surface area contributed by atoms with E-state index in [0.717, 1.165) is 5.56 Å². The normalized spacial score (nSPS) is 10.5. The van der Waals surface area contributed by atoms with E-state index >= 15 is 0 Å². The molecule has 120 valence electrons. The van der Waals surface area contributed by atoms with Crippen molar-refractivity contribution < 1.29 is 14.4 Å². The van der Waals surface area contributed by atoms with Crippen molar-refractivity contribution in [2.45, 2.75) is 6.54 Å². The number of amides is 1. The zero-order valence-electron chi connectivity index (χ0n) is 12.8. The largest absolute Gasteiger partial charge is 0.386 e. The fourth-order valence-corrected chi connectivity index (χ4v) is 1.84. The second kappa shape index (κ2) is 8.86. The lowest BCUT2D eigenvalue weighted by Crippen LogP contribution is -2.30. The first-order valence-electron chi connectivity index (χ1n) is 7.21. The topological polar surface area (TPSA) is 91.5 Å². The molecule has 0 aliphatic carbocycles. The van der Waals surface area contributed by atoms with E-state index in [2.05, 4.69) is 10.5 Å². The summed E-state index contributed by atoms with van der Waals surface area (Å²) in [5.74, 6) is -0.949. The van der Waals surface area contributed by atoms with Gasteiger partial charge in [0.25, 0.3) is 5.91 Å². The second-order valence-corrected chi connectivity index (χ2v) is 4.78. The Balaban J connectivity index is 1.86. The summed E-state index contributed by atoms with van der Waals surface area (Å²) in [6.07, 6.45) is 0. The van der Waals surface area contributed by atoms with Crippen molar-refractivity contribution in [1.29, 1.82) is 5.26 Å². The minimum absolute atomic E-state index is 0.267. The third kappa shape index (κ3) is 5.07. The Morgan fingerprint density at radius 3 is 2.29 bits per heavy atom. The highest BCUT2D eigenvalue weighted by atomic mass is 16.6. The number of rotatable bonds is 7. The van der Waals surface area contributed by atoms with Gasteiger partial charge in [-0.05, 0) is 5.56 Å². The highest BCUT2D eigenvalue weighted by molar-refractivity contribution is 6.45. The Hall–Kier alpha value is -3.46. The number of ketones is 1. The number of carbonyl (C=O) groups excluding carboxylic acids is 2.